The third-order valence-corrected chi connectivity index (χ3v) is 9.51. The van der Waals surface area contributed by atoms with Crippen LogP contribution in [0, 0.1) is 0 Å². The molecule has 4 atom stereocenters. The molecule has 3 aliphatic heterocycles. The minimum absolute atomic E-state index is 0.0753. The molecule has 30 heavy (non-hydrogen) atoms. The maximum absolute atomic E-state index is 13.4. The quantitative estimate of drug-likeness (QED) is 0.713. The molecular weight excluding hydrogens is 406 g/mol. The van der Waals surface area contributed by atoms with Crippen molar-refractivity contribution in [2.45, 2.75) is 68.3 Å². The minimum atomic E-state index is -3.66. The molecule has 1 N–H and O–H groups in total. The van der Waals surface area contributed by atoms with Gasteiger partial charge in [0.1, 0.15) is 17.5 Å². The molecule has 3 fully saturated rings. The molecule has 0 aliphatic carbocycles. The molecule has 3 aliphatic rings. The first-order valence-corrected chi connectivity index (χ1v) is 11.8. The van der Waals surface area contributed by atoms with E-state index < -0.39 is 37.9 Å². The maximum Gasteiger partial charge on any atom is 0.247 e. The summed E-state index contributed by atoms with van der Waals surface area (Å²) < 4.78 is 24.3. The van der Waals surface area contributed by atoms with Gasteiger partial charge in [-0.15, -0.1) is 0 Å². The Bertz CT molecular complexity index is 991. The highest BCUT2D eigenvalue weighted by molar-refractivity contribution is 7.93. The normalized spacial score (nSPS) is 29.8. The van der Waals surface area contributed by atoms with Gasteiger partial charge < -0.3 is 15.1 Å². The first-order valence-electron chi connectivity index (χ1n) is 10.3. The summed E-state index contributed by atoms with van der Waals surface area (Å²) in [4.78, 5) is 41.2. The van der Waals surface area contributed by atoms with Crippen molar-refractivity contribution in [3.8, 4) is 0 Å². The van der Waals surface area contributed by atoms with Crippen LogP contribution in [0.5, 0.6) is 0 Å². The van der Waals surface area contributed by atoms with Crippen LogP contribution in [0.1, 0.15) is 51.6 Å². The van der Waals surface area contributed by atoms with Crippen LogP contribution in [0.4, 0.5) is 0 Å². The van der Waals surface area contributed by atoms with Gasteiger partial charge in [-0.25, -0.2) is 8.42 Å². The number of benzene rings is 1. The number of rotatable bonds is 4. The van der Waals surface area contributed by atoms with E-state index in [2.05, 4.69) is 5.32 Å². The third-order valence-electron chi connectivity index (χ3n) is 6.71. The summed E-state index contributed by atoms with van der Waals surface area (Å²) in [5, 5.41) is 2.03. The van der Waals surface area contributed by atoms with Crippen LogP contribution < -0.4 is 5.32 Å². The summed E-state index contributed by atoms with van der Waals surface area (Å²) in [6.45, 7) is 5.25. The van der Waals surface area contributed by atoms with Crippen LogP contribution in [0.3, 0.4) is 0 Å². The zero-order valence-electron chi connectivity index (χ0n) is 17.4. The number of amides is 3. The molecule has 1 aromatic carbocycles. The second-order valence-corrected chi connectivity index (χ2v) is 11.5. The Morgan fingerprint density at radius 1 is 1.20 bits per heavy atom. The summed E-state index contributed by atoms with van der Waals surface area (Å²) >= 11 is 0. The van der Waals surface area contributed by atoms with E-state index in [0.29, 0.717) is 19.4 Å². The number of likely N-dealkylation sites (tertiary alicyclic amines) is 1. The second-order valence-electron chi connectivity index (χ2n) is 8.84. The van der Waals surface area contributed by atoms with E-state index in [-0.39, 0.29) is 24.3 Å². The fourth-order valence-corrected chi connectivity index (χ4v) is 6.95. The van der Waals surface area contributed by atoms with Crippen LogP contribution >= 0.6 is 0 Å². The number of hydrogen-bond donors (Lipinski definition) is 1. The van der Waals surface area contributed by atoms with Crippen molar-refractivity contribution in [2.24, 2.45) is 0 Å². The molecule has 4 unspecified atom stereocenters. The van der Waals surface area contributed by atoms with Gasteiger partial charge in [0.05, 0.1) is 17.2 Å². The third kappa shape index (κ3) is 2.93. The largest absolute Gasteiger partial charge is 0.348 e. The van der Waals surface area contributed by atoms with Gasteiger partial charge >= 0.3 is 0 Å². The Morgan fingerprint density at radius 3 is 2.50 bits per heavy atom. The standard InChI is InChI=1S/C21H27N3O5S/c1-13(14-8-5-4-6-9-14)22-19(26)15-10-7-11-23(15)20(27)18-21(2,3)30(28,29)17-12-16(25)24(17)18/h4-6,8-9,13,15,17-18H,7,10-12H2,1-3H3,(H,22,26). The lowest BCUT2D eigenvalue weighted by atomic mass is 9.96. The molecule has 0 spiro atoms. The van der Waals surface area contributed by atoms with Crippen LogP contribution in [-0.2, 0) is 24.2 Å². The van der Waals surface area contributed by atoms with Crippen LogP contribution in [-0.4, -0.2) is 64.7 Å². The second kappa shape index (κ2) is 7.08. The predicted molar refractivity (Wildman–Crippen MR) is 110 cm³/mol. The van der Waals surface area contributed by atoms with Crippen LogP contribution in [0.2, 0.25) is 0 Å². The van der Waals surface area contributed by atoms with Crippen molar-refractivity contribution in [1.29, 1.82) is 0 Å². The summed E-state index contributed by atoms with van der Waals surface area (Å²) in [5.41, 5.74) is 0.957. The monoisotopic (exact) mass is 433 g/mol. The summed E-state index contributed by atoms with van der Waals surface area (Å²) in [6.07, 6.45) is 1.09. The van der Waals surface area contributed by atoms with E-state index in [1.165, 1.54) is 23.6 Å². The Hall–Kier alpha value is -2.42. The number of hydrogen-bond acceptors (Lipinski definition) is 5. The lowest BCUT2D eigenvalue weighted by molar-refractivity contribution is -0.155. The van der Waals surface area contributed by atoms with E-state index >= 15 is 0 Å². The Balaban J connectivity index is 1.54. The van der Waals surface area contributed by atoms with E-state index in [0.717, 1.165) is 5.56 Å². The molecule has 0 radical (unpaired) electrons. The first-order chi connectivity index (χ1) is 14.1. The molecular formula is C21H27N3O5S. The molecule has 3 amide bonds. The lowest BCUT2D eigenvalue weighted by Crippen LogP contribution is -2.61. The molecule has 3 heterocycles. The maximum atomic E-state index is 13.4. The van der Waals surface area contributed by atoms with Gasteiger partial charge in [0.15, 0.2) is 9.84 Å². The van der Waals surface area contributed by atoms with Gasteiger partial charge in [0.25, 0.3) is 0 Å². The van der Waals surface area contributed by atoms with Gasteiger partial charge in [-0.1, -0.05) is 30.3 Å². The number of sulfone groups is 1. The average molecular weight is 434 g/mol. The van der Waals surface area contributed by atoms with Gasteiger partial charge in [0, 0.05) is 6.54 Å². The highest BCUT2D eigenvalue weighted by atomic mass is 32.2. The van der Waals surface area contributed by atoms with E-state index in [1.807, 2.05) is 37.3 Å². The first kappa shape index (κ1) is 20.8. The van der Waals surface area contributed by atoms with E-state index in [1.54, 1.807) is 0 Å². The number of fused-ring (bicyclic) bond motifs is 1. The van der Waals surface area contributed by atoms with Crippen LogP contribution in [0.25, 0.3) is 0 Å². The fourth-order valence-electron chi connectivity index (χ4n) is 4.82. The fraction of sp³-hybridized carbons (Fsp3) is 0.571. The zero-order valence-corrected chi connectivity index (χ0v) is 18.2. The highest BCUT2D eigenvalue weighted by Gasteiger charge is 2.68. The topological polar surface area (TPSA) is 104 Å². The molecule has 3 saturated heterocycles. The summed E-state index contributed by atoms with van der Waals surface area (Å²) in [6, 6.07) is 7.55. The summed E-state index contributed by atoms with van der Waals surface area (Å²) in [5.74, 6) is -1.04. The van der Waals surface area contributed by atoms with Gasteiger partial charge in [-0.2, -0.15) is 0 Å². The summed E-state index contributed by atoms with van der Waals surface area (Å²) in [7, 11) is -3.66. The molecule has 9 heteroatoms. The number of carbonyl (C=O) groups excluding carboxylic acids is 3. The van der Waals surface area contributed by atoms with Crippen molar-refractivity contribution in [1.82, 2.24) is 15.1 Å². The Labute approximate surface area is 176 Å². The zero-order chi connectivity index (χ0) is 21.8. The van der Waals surface area contributed by atoms with Crippen molar-refractivity contribution in [3.05, 3.63) is 35.9 Å². The molecule has 8 nitrogen and oxygen atoms in total. The van der Waals surface area contributed by atoms with Crippen LogP contribution in [0.15, 0.2) is 30.3 Å². The minimum Gasteiger partial charge on any atom is -0.348 e. The molecule has 0 saturated carbocycles. The molecule has 4 rings (SSSR count). The SMILES string of the molecule is CC(NC(=O)C1CCCN1C(=O)C1N2C(=O)CC2S(=O)(=O)C1(C)C)c1ccccc1. The van der Waals surface area contributed by atoms with Crippen molar-refractivity contribution in [3.63, 3.8) is 0 Å². The number of nitrogens with one attached hydrogen (secondary N) is 1. The van der Waals surface area contributed by atoms with Crippen molar-refractivity contribution < 1.29 is 22.8 Å². The number of β-lactam (4-membered cyclic amide) rings is 1. The number of nitrogens with zero attached hydrogens (tertiary/aromatic N) is 2. The predicted octanol–water partition coefficient (Wildman–Crippen LogP) is 0.989. The van der Waals surface area contributed by atoms with Gasteiger partial charge in [0.2, 0.25) is 17.7 Å². The molecule has 0 aromatic heterocycles. The van der Waals surface area contributed by atoms with E-state index in [4.69, 9.17) is 0 Å². The van der Waals surface area contributed by atoms with E-state index in [9.17, 15) is 22.8 Å². The average Bonchev–Trinajstić information content (AvgIpc) is 3.23. The molecule has 162 valence electrons. The molecule has 1 aromatic rings. The number of carbonyl (C=O) groups is 3. The lowest BCUT2D eigenvalue weighted by Gasteiger charge is -2.39. The smallest absolute Gasteiger partial charge is 0.247 e. The Morgan fingerprint density at radius 2 is 1.87 bits per heavy atom. The van der Waals surface area contributed by atoms with Gasteiger partial charge in [-0.3, -0.25) is 14.4 Å². The van der Waals surface area contributed by atoms with Gasteiger partial charge in [-0.05, 0) is 39.2 Å². The van der Waals surface area contributed by atoms with Crippen molar-refractivity contribution >= 4 is 27.6 Å². The highest BCUT2D eigenvalue weighted by Crippen LogP contribution is 2.46. The Kier molecular flexibility index (Phi) is 4.91. The van der Waals surface area contributed by atoms with Crippen molar-refractivity contribution in [2.75, 3.05) is 6.54 Å². The molecule has 0 bridgehead atoms.